The van der Waals surface area contributed by atoms with Gasteiger partial charge < -0.3 is 9.47 Å². The molecule has 1 atom stereocenters. The molecule has 0 saturated carbocycles. The number of rotatable bonds is 6. The molecule has 0 N–H and O–H groups in total. The quantitative estimate of drug-likeness (QED) is 0.391. The van der Waals surface area contributed by atoms with Gasteiger partial charge in [0, 0.05) is 34.5 Å². The molecule has 4 rings (SSSR count). The lowest BCUT2D eigenvalue weighted by Crippen LogP contribution is -2.31. The summed E-state index contributed by atoms with van der Waals surface area (Å²) in [6, 6.07) is 16.6. The van der Waals surface area contributed by atoms with E-state index in [-0.39, 0.29) is 11.9 Å². The molecule has 3 aromatic rings. The Morgan fingerprint density at radius 3 is 2.74 bits per heavy atom. The number of hydrogen-bond acceptors (Lipinski definition) is 1. The maximum atomic E-state index is 13.1. The Balaban J connectivity index is 1.95. The number of hydrogen-bond donors (Lipinski definition) is 0. The molecule has 1 unspecified atom stereocenters. The van der Waals surface area contributed by atoms with Crippen molar-refractivity contribution in [2.24, 2.45) is 0 Å². The number of aromatic nitrogens is 1. The Labute approximate surface area is 190 Å². The first-order valence-corrected chi connectivity index (χ1v) is 11.6. The largest absolute Gasteiger partial charge is 0.334 e. The summed E-state index contributed by atoms with van der Waals surface area (Å²) in [4.78, 5) is 15.2. The fraction of sp³-hybridized carbons (Fsp3) is 0.370. The average molecular weight is 433 g/mol. The van der Waals surface area contributed by atoms with Crippen molar-refractivity contribution in [1.82, 2.24) is 9.47 Å². The first kappa shape index (κ1) is 21.5. The lowest BCUT2D eigenvalue weighted by atomic mass is 9.97. The Hall–Kier alpha value is -2.70. The van der Waals surface area contributed by atoms with E-state index < -0.39 is 0 Å². The molecule has 1 amide bonds. The molecule has 3 nitrogen and oxygen atoms in total. The zero-order valence-electron chi connectivity index (χ0n) is 18.3. The minimum absolute atomic E-state index is 0.0596. The van der Waals surface area contributed by atoms with Crippen molar-refractivity contribution < 1.29 is 4.79 Å². The number of benzene rings is 2. The molecular weight excluding hydrogens is 404 g/mol. The van der Waals surface area contributed by atoms with E-state index in [0.717, 1.165) is 53.7 Å². The van der Waals surface area contributed by atoms with Gasteiger partial charge in [0.25, 0.3) is 0 Å². The maximum absolute atomic E-state index is 13.1. The molecule has 1 saturated heterocycles. The highest BCUT2D eigenvalue weighted by Crippen LogP contribution is 2.44. The van der Waals surface area contributed by atoms with Crippen LogP contribution in [0.2, 0.25) is 5.02 Å². The number of fused-ring (bicyclic) bond motifs is 1. The van der Waals surface area contributed by atoms with Crippen LogP contribution in [0, 0.1) is 11.8 Å². The standard InChI is InChI=1S/C27H29ClN2O/c1-3-5-14-25(31)29-18-10-13-24(29)27-26(20-11-8-7-9-12-20)22-19-21(28)15-16-23(22)30(27)17-6-4-2/h7-9,11-12,15-16,19,24H,3,5,10,13-14,17-18H2,1-2H3. The molecule has 0 spiro atoms. The van der Waals surface area contributed by atoms with Crippen molar-refractivity contribution in [3.63, 3.8) is 0 Å². The van der Waals surface area contributed by atoms with Crippen LogP contribution in [0.25, 0.3) is 22.0 Å². The molecule has 4 heteroatoms. The van der Waals surface area contributed by atoms with Crippen molar-refractivity contribution in [1.29, 1.82) is 0 Å². The zero-order valence-corrected chi connectivity index (χ0v) is 19.1. The Bertz CT molecular complexity index is 1140. The molecule has 1 aliphatic heterocycles. The van der Waals surface area contributed by atoms with Crippen molar-refractivity contribution in [3.8, 4) is 23.0 Å². The summed E-state index contributed by atoms with van der Waals surface area (Å²) in [7, 11) is 0. The molecule has 0 radical (unpaired) electrons. The second-order valence-corrected chi connectivity index (χ2v) is 8.59. The van der Waals surface area contributed by atoms with Crippen molar-refractivity contribution in [2.75, 3.05) is 6.54 Å². The third-order valence-corrected chi connectivity index (χ3v) is 6.41. The second kappa shape index (κ2) is 9.62. The third kappa shape index (κ3) is 4.23. The minimum Gasteiger partial charge on any atom is -0.334 e. The van der Waals surface area contributed by atoms with Gasteiger partial charge in [-0.25, -0.2) is 0 Å². The van der Waals surface area contributed by atoms with Gasteiger partial charge >= 0.3 is 0 Å². The highest BCUT2D eigenvalue weighted by Gasteiger charge is 2.35. The first-order valence-electron chi connectivity index (χ1n) is 11.2. The normalized spacial score (nSPS) is 15.8. The first-order chi connectivity index (χ1) is 15.2. The molecule has 0 bridgehead atoms. The van der Waals surface area contributed by atoms with Gasteiger partial charge in [-0.05, 0) is 49.9 Å². The number of halogens is 1. The topological polar surface area (TPSA) is 25.2 Å². The van der Waals surface area contributed by atoms with Gasteiger partial charge in [-0.3, -0.25) is 4.79 Å². The number of unbranched alkanes of at least 4 members (excludes halogenated alkanes) is 1. The molecular formula is C27H29ClN2O. The second-order valence-electron chi connectivity index (χ2n) is 8.15. The van der Waals surface area contributed by atoms with Gasteiger partial charge in [0.2, 0.25) is 5.91 Å². The van der Waals surface area contributed by atoms with Gasteiger partial charge in [0.1, 0.15) is 0 Å². The van der Waals surface area contributed by atoms with Crippen LogP contribution in [0.3, 0.4) is 0 Å². The number of likely N-dealkylation sites (tertiary alicyclic amines) is 1. The highest BCUT2D eigenvalue weighted by molar-refractivity contribution is 6.31. The van der Waals surface area contributed by atoms with Crippen LogP contribution < -0.4 is 0 Å². The van der Waals surface area contributed by atoms with E-state index in [1.165, 1.54) is 11.3 Å². The molecule has 1 aromatic heterocycles. The number of nitrogens with zero attached hydrogens (tertiary/aromatic N) is 2. The highest BCUT2D eigenvalue weighted by atomic mass is 35.5. The van der Waals surface area contributed by atoms with Crippen LogP contribution in [0.15, 0.2) is 48.5 Å². The Kier molecular flexibility index (Phi) is 6.68. The van der Waals surface area contributed by atoms with Gasteiger partial charge in [-0.2, -0.15) is 0 Å². The van der Waals surface area contributed by atoms with Crippen LogP contribution >= 0.6 is 11.6 Å². The van der Waals surface area contributed by atoms with E-state index in [4.69, 9.17) is 11.6 Å². The third-order valence-electron chi connectivity index (χ3n) is 6.18. The summed E-state index contributed by atoms with van der Waals surface area (Å²) in [5.74, 6) is 6.56. The molecule has 160 valence electrons. The summed E-state index contributed by atoms with van der Waals surface area (Å²) in [5.41, 5.74) is 4.64. The predicted octanol–water partition coefficient (Wildman–Crippen LogP) is 6.84. The van der Waals surface area contributed by atoms with Crippen LogP contribution in [0.4, 0.5) is 0 Å². The minimum atomic E-state index is 0.0596. The fourth-order valence-electron chi connectivity index (χ4n) is 4.75. The summed E-state index contributed by atoms with van der Waals surface area (Å²) in [5, 5.41) is 1.84. The van der Waals surface area contributed by atoms with Gasteiger partial charge in [-0.15, -0.1) is 5.92 Å². The number of amides is 1. The van der Waals surface area contributed by atoms with E-state index in [1.54, 1.807) is 0 Å². The summed E-state index contributed by atoms with van der Waals surface area (Å²) in [6.07, 6.45) is 4.59. The molecule has 1 aliphatic rings. The van der Waals surface area contributed by atoms with Crippen molar-refractivity contribution in [3.05, 3.63) is 59.2 Å². The predicted molar refractivity (Wildman–Crippen MR) is 129 cm³/mol. The smallest absolute Gasteiger partial charge is 0.223 e. The fourth-order valence-corrected chi connectivity index (χ4v) is 4.92. The van der Waals surface area contributed by atoms with Crippen LogP contribution in [0.5, 0.6) is 0 Å². The average Bonchev–Trinajstić information content (AvgIpc) is 3.38. The molecule has 2 heterocycles. The lowest BCUT2D eigenvalue weighted by molar-refractivity contribution is -0.132. The number of carbonyl (C=O) groups is 1. The monoisotopic (exact) mass is 432 g/mol. The zero-order chi connectivity index (χ0) is 21.8. The van der Waals surface area contributed by atoms with E-state index in [9.17, 15) is 4.79 Å². The van der Waals surface area contributed by atoms with E-state index in [2.05, 4.69) is 64.6 Å². The maximum Gasteiger partial charge on any atom is 0.223 e. The van der Waals surface area contributed by atoms with Crippen LogP contribution in [-0.2, 0) is 11.3 Å². The van der Waals surface area contributed by atoms with Gasteiger partial charge in [-0.1, -0.05) is 61.2 Å². The van der Waals surface area contributed by atoms with Crippen LogP contribution in [-0.4, -0.2) is 21.9 Å². The van der Waals surface area contributed by atoms with Crippen molar-refractivity contribution in [2.45, 2.75) is 58.5 Å². The summed E-state index contributed by atoms with van der Waals surface area (Å²) < 4.78 is 2.31. The van der Waals surface area contributed by atoms with Crippen LogP contribution in [0.1, 0.15) is 57.7 Å². The Morgan fingerprint density at radius 1 is 1.19 bits per heavy atom. The molecule has 2 aromatic carbocycles. The van der Waals surface area contributed by atoms with E-state index in [0.29, 0.717) is 13.0 Å². The SMILES string of the molecule is CC#CCn1c(C2CCCN2C(=O)CCCC)c(-c2ccccc2)c2cc(Cl)ccc21. The lowest BCUT2D eigenvalue weighted by Gasteiger charge is -2.27. The van der Waals surface area contributed by atoms with Gasteiger partial charge in [0.05, 0.1) is 18.3 Å². The van der Waals surface area contributed by atoms with Gasteiger partial charge in [0.15, 0.2) is 0 Å². The Morgan fingerprint density at radius 2 is 2.00 bits per heavy atom. The van der Waals surface area contributed by atoms with E-state index in [1.807, 2.05) is 19.1 Å². The van der Waals surface area contributed by atoms with Crippen molar-refractivity contribution >= 4 is 28.4 Å². The molecule has 31 heavy (non-hydrogen) atoms. The summed E-state index contributed by atoms with van der Waals surface area (Å²) in [6.45, 7) is 5.43. The summed E-state index contributed by atoms with van der Waals surface area (Å²) >= 11 is 6.44. The molecule has 0 aliphatic carbocycles. The van der Waals surface area contributed by atoms with E-state index >= 15 is 0 Å². The molecule has 1 fully saturated rings. The number of carbonyl (C=O) groups excluding carboxylic acids is 1.